The van der Waals surface area contributed by atoms with E-state index in [1.54, 1.807) is 46.9 Å². The first-order valence-corrected chi connectivity index (χ1v) is 12.9. The molecular weight excluding hydrogens is 508 g/mol. The van der Waals surface area contributed by atoms with Crippen molar-refractivity contribution >= 4 is 22.9 Å². The molecule has 3 N–H and O–H groups in total. The first-order valence-electron chi connectivity index (χ1n) is 12.9. The van der Waals surface area contributed by atoms with Crippen molar-refractivity contribution in [2.45, 2.75) is 25.9 Å². The van der Waals surface area contributed by atoms with Gasteiger partial charge in [-0.3, -0.25) is 13.9 Å². The number of nitrogens with two attached hydrogens (primary N) is 1. The quantitative estimate of drug-likeness (QED) is 0.257. The summed E-state index contributed by atoms with van der Waals surface area (Å²) in [7, 11) is 1.77. The highest BCUT2D eigenvalue weighted by Gasteiger charge is 2.34. The molecule has 0 saturated carbocycles. The number of hydrogen-bond donors (Lipinski definition) is 2. The van der Waals surface area contributed by atoms with E-state index in [2.05, 4.69) is 15.3 Å². The van der Waals surface area contributed by atoms with Gasteiger partial charge in [0.2, 0.25) is 0 Å². The van der Waals surface area contributed by atoms with Crippen molar-refractivity contribution in [3.05, 3.63) is 83.1 Å². The number of amides is 1. The number of likely N-dealkylation sites (tertiary alicyclic amines) is 1. The van der Waals surface area contributed by atoms with Crippen molar-refractivity contribution in [2.24, 2.45) is 5.92 Å². The Bertz CT molecular complexity index is 1670. The lowest BCUT2D eigenvalue weighted by molar-refractivity contribution is -0.133. The first kappa shape index (κ1) is 26.6. The van der Waals surface area contributed by atoms with Gasteiger partial charge in [0.15, 0.2) is 11.5 Å². The number of nitrogen functional groups attached to an aromatic ring is 1. The average Bonchev–Trinajstić information content (AvgIpc) is 3.21. The van der Waals surface area contributed by atoms with Crippen LogP contribution in [-0.2, 0) is 11.3 Å². The fourth-order valence-corrected chi connectivity index (χ4v) is 4.65. The van der Waals surface area contributed by atoms with Gasteiger partial charge < -0.3 is 20.7 Å². The molecule has 1 amide bonds. The maximum absolute atomic E-state index is 13.7. The molecule has 2 aromatic carbocycles. The lowest BCUT2D eigenvalue weighted by atomic mass is 9.96. The van der Waals surface area contributed by atoms with Gasteiger partial charge in [-0.1, -0.05) is 18.2 Å². The molecule has 1 aliphatic rings. The third kappa shape index (κ3) is 5.17. The van der Waals surface area contributed by atoms with Gasteiger partial charge in [-0.2, -0.15) is 5.26 Å². The molecule has 4 aromatic rings. The number of carbonyl (C=O) groups is 1. The van der Waals surface area contributed by atoms with Crippen LogP contribution in [0.3, 0.4) is 0 Å². The van der Waals surface area contributed by atoms with Gasteiger partial charge in [0.25, 0.3) is 5.91 Å². The maximum Gasteiger partial charge on any atom is 0.335 e. The summed E-state index contributed by atoms with van der Waals surface area (Å²) in [6.07, 6.45) is 2.97. The molecule has 1 aliphatic heterocycles. The van der Waals surface area contributed by atoms with E-state index in [1.807, 2.05) is 50.2 Å². The van der Waals surface area contributed by atoms with Crippen molar-refractivity contribution < 1.29 is 9.53 Å². The van der Waals surface area contributed by atoms with E-state index in [-0.39, 0.29) is 28.9 Å². The second-order valence-electron chi connectivity index (χ2n) is 10.3. The molecule has 3 heterocycles. The van der Waals surface area contributed by atoms with E-state index >= 15 is 0 Å². The number of carbonyl (C=O) groups excluding carboxylic acids is 1. The van der Waals surface area contributed by atoms with Gasteiger partial charge >= 0.3 is 5.69 Å². The summed E-state index contributed by atoms with van der Waals surface area (Å²) in [6, 6.07) is 18.6. The molecule has 2 aromatic heterocycles. The van der Waals surface area contributed by atoms with Crippen LogP contribution in [0.1, 0.15) is 13.8 Å². The molecule has 0 atom stereocenters. The maximum atomic E-state index is 13.7. The molecule has 0 spiro atoms. The van der Waals surface area contributed by atoms with Crippen LogP contribution >= 0.6 is 0 Å². The van der Waals surface area contributed by atoms with Crippen molar-refractivity contribution in [1.29, 1.82) is 5.26 Å². The normalized spacial score (nSPS) is 14.2. The number of anilines is 1. The van der Waals surface area contributed by atoms with Crippen LogP contribution < -0.4 is 21.5 Å². The molecule has 1 fully saturated rings. The summed E-state index contributed by atoms with van der Waals surface area (Å²) in [5, 5.41) is 12.6. The van der Waals surface area contributed by atoms with Gasteiger partial charge in [0, 0.05) is 31.1 Å². The molecule has 0 bridgehead atoms. The minimum atomic E-state index is -0.494. The standard InChI is InChI=1S/C29H30N8O3/c1-29(2,32-3)13-20(14-30)27(38)35-15-19(16-35)17-36-26-24(25(31)33-18-34-26)37(28(36)39)21-9-11-23(12-10-21)40-22-7-5-4-6-8-22/h4-13,18-19,32H,15-17H2,1-3H3,(H2,31,33,34)/b20-13-. The lowest BCUT2D eigenvalue weighted by Crippen LogP contribution is -2.52. The highest BCUT2D eigenvalue weighted by molar-refractivity contribution is 5.98. The van der Waals surface area contributed by atoms with Gasteiger partial charge in [-0.25, -0.2) is 14.8 Å². The zero-order valence-corrected chi connectivity index (χ0v) is 22.5. The minimum absolute atomic E-state index is 0.00999. The number of para-hydroxylation sites is 1. The second kappa shape index (κ2) is 10.7. The predicted molar refractivity (Wildman–Crippen MR) is 151 cm³/mol. The molecule has 40 heavy (non-hydrogen) atoms. The highest BCUT2D eigenvalue weighted by atomic mass is 16.5. The molecule has 0 radical (unpaired) electrons. The Balaban J connectivity index is 1.38. The van der Waals surface area contributed by atoms with E-state index in [4.69, 9.17) is 10.5 Å². The second-order valence-corrected chi connectivity index (χ2v) is 10.3. The number of nitrogens with one attached hydrogen (secondary N) is 1. The highest BCUT2D eigenvalue weighted by Crippen LogP contribution is 2.27. The molecule has 0 aliphatic carbocycles. The number of aromatic nitrogens is 4. The summed E-state index contributed by atoms with van der Waals surface area (Å²) in [6.45, 7) is 4.95. The lowest BCUT2D eigenvalue weighted by Gasteiger charge is -2.39. The Hall–Kier alpha value is -4.95. The van der Waals surface area contributed by atoms with E-state index in [1.165, 1.54) is 10.9 Å². The molecule has 1 saturated heterocycles. The SMILES string of the molecule is CNC(C)(C)/C=C(/C#N)C(=O)N1CC(Cn2c(=O)n(-c3ccc(Oc4ccccc4)cc3)c3c(N)ncnc32)C1. The van der Waals surface area contributed by atoms with Crippen LogP contribution in [-0.4, -0.2) is 55.6 Å². The van der Waals surface area contributed by atoms with Crippen LogP contribution in [0.25, 0.3) is 16.9 Å². The van der Waals surface area contributed by atoms with E-state index in [0.717, 1.165) is 0 Å². The van der Waals surface area contributed by atoms with Crippen molar-refractivity contribution in [2.75, 3.05) is 25.9 Å². The fraction of sp³-hybridized carbons (Fsp3) is 0.276. The van der Waals surface area contributed by atoms with Crippen molar-refractivity contribution in [1.82, 2.24) is 29.3 Å². The van der Waals surface area contributed by atoms with Crippen molar-refractivity contribution in [3.8, 4) is 23.3 Å². The van der Waals surface area contributed by atoms with Gasteiger partial charge in [0.1, 0.15) is 35.0 Å². The molecule has 11 heteroatoms. The number of benzene rings is 2. The van der Waals surface area contributed by atoms with Gasteiger partial charge in [-0.15, -0.1) is 0 Å². The molecule has 204 valence electrons. The van der Waals surface area contributed by atoms with Gasteiger partial charge in [-0.05, 0) is 63.4 Å². The predicted octanol–water partition coefficient (Wildman–Crippen LogP) is 2.86. The van der Waals surface area contributed by atoms with Crippen LogP contribution in [0.4, 0.5) is 5.82 Å². The third-order valence-corrected chi connectivity index (χ3v) is 6.99. The van der Waals surface area contributed by atoms with Gasteiger partial charge in [0.05, 0.1) is 5.69 Å². The Kier molecular flexibility index (Phi) is 7.11. The molecule has 0 unspecified atom stereocenters. The number of rotatable bonds is 8. The molecular formula is C29H30N8O3. The third-order valence-electron chi connectivity index (χ3n) is 6.99. The molecule has 5 rings (SSSR count). The Labute approximate surface area is 231 Å². The summed E-state index contributed by atoms with van der Waals surface area (Å²) in [5.41, 5.74) is 6.93. The minimum Gasteiger partial charge on any atom is -0.457 e. The summed E-state index contributed by atoms with van der Waals surface area (Å²) >= 11 is 0. The molecule has 11 nitrogen and oxygen atoms in total. The number of nitrogens with zero attached hydrogens (tertiary/aromatic N) is 6. The largest absolute Gasteiger partial charge is 0.457 e. The number of hydrogen-bond acceptors (Lipinski definition) is 8. The Morgan fingerprint density at radius 3 is 2.48 bits per heavy atom. The smallest absolute Gasteiger partial charge is 0.335 e. The average molecular weight is 539 g/mol. The zero-order chi connectivity index (χ0) is 28.4. The van der Waals surface area contributed by atoms with Crippen LogP contribution in [0.5, 0.6) is 11.5 Å². The summed E-state index contributed by atoms with van der Waals surface area (Å²) in [5.74, 6) is 1.21. The fourth-order valence-electron chi connectivity index (χ4n) is 4.65. The first-order chi connectivity index (χ1) is 19.2. The Morgan fingerprint density at radius 1 is 1.15 bits per heavy atom. The van der Waals surface area contributed by atoms with Crippen molar-refractivity contribution in [3.63, 3.8) is 0 Å². The number of likely N-dealkylation sites (N-methyl/N-ethyl adjacent to an activating group) is 1. The number of ether oxygens (including phenoxy) is 1. The monoisotopic (exact) mass is 538 g/mol. The topological polar surface area (TPSA) is 144 Å². The van der Waals surface area contributed by atoms with Crippen LogP contribution in [0, 0.1) is 17.2 Å². The van der Waals surface area contributed by atoms with Crippen LogP contribution in [0.15, 0.2) is 77.4 Å². The van der Waals surface area contributed by atoms with E-state index < -0.39 is 5.54 Å². The van der Waals surface area contributed by atoms with E-state index in [9.17, 15) is 14.9 Å². The van der Waals surface area contributed by atoms with Crippen LogP contribution in [0.2, 0.25) is 0 Å². The number of nitriles is 1. The Morgan fingerprint density at radius 2 is 1.82 bits per heavy atom. The summed E-state index contributed by atoms with van der Waals surface area (Å²) in [4.78, 5) is 36.7. The number of fused-ring (bicyclic) bond motifs is 1. The number of imidazole rings is 1. The summed E-state index contributed by atoms with van der Waals surface area (Å²) < 4.78 is 8.94. The zero-order valence-electron chi connectivity index (χ0n) is 22.5. The van der Waals surface area contributed by atoms with E-state index in [0.29, 0.717) is 48.0 Å².